The fourth-order valence-electron chi connectivity index (χ4n) is 4.54. The van der Waals surface area contributed by atoms with Crippen molar-refractivity contribution in [3.8, 4) is 0 Å². The zero-order valence-electron chi connectivity index (χ0n) is 12.4. The van der Waals surface area contributed by atoms with Gasteiger partial charge in [0.2, 0.25) is 5.91 Å². The second-order valence-electron chi connectivity index (χ2n) is 7.21. The van der Waals surface area contributed by atoms with Crippen LogP contribution in [0.2, 0.25) is 0 Å². The van der Waals surface area contributed by atoms with Crippen LogP contribution >= 0.6 is 0 Å². The number of hydrogen-bond acceptors (Lipinski definition) is 3. The quantitative estimate of drug-likeness (QED) is 0.874. The van der Waals surface area contributed by atoms with Gasteiger partial charge in [-0.25, -0.2) is 4.98 Å². The summed E-state index contributed by atoms with van der Waals surface area (Å²) in [7, 11) is 0. The van der Waals surface area contributed by atoms with Gasteiger partial charge in [-0.3, -0.25) is 4.79 Å². The molecule has 3 N–H and O–H groups in total. The van der Waals surface area contributed by atoms with Crippen molar-refractivity contribution in [2.45, 2.75) is 50.6 Å². The smallest absolute Gasteiger partial charge is 0.220 e. The number of hydrogen-bond donors (Lipinski definition) is 2. The maximum absolute atomic E-state index is 11.5. The van der Waals surface area contributed by atoms with Gasteiger partial charge in [-0.2, -0.15) is 0 Å². The molecule has 1 aromatic rings. The Morgan fingerprint density at radius 2 is 2.38 bits per heavy atom. The number of aryl methyl sites for hydroxylation is 1. The van der Waals surface area contributed by atoms with Gasteiger partial charge in [0.1, 0.15) is 5.82 Å². The van der Waals surface area contributed by atoms with Crippen molar-refractivity contribution >= 4 is 5.91 Å². The van der Waals surface area contributed by atoms with Crippen LogP contribution < -0.4 is 11.1 Å². The number of imidazole rings is 1. The summed E-state index contributed by atoms with van der Waals surface area (Å²) in [6.45, 7) is 2.06. The van der Waals surface area contributed by atoms with Gasteiger partial charge in [0, 0.05) is 36.8 Å². The average Bonchev–Trinajstić information content (AvgIpc) is 2.92. The van der Waals surface area contributed by atoms with Crippen molar-refractivity contribution in [3.63, 3.8) is 0 Å². The molecule has 3 heterocycles. The van der Waals surface area contributed by atoms with E-state index in [1.54, 1.807) is 0 Å². The van der Waals surface area contributed by atoms with Gasteiger partial charge in [0.05, 0.1) is 0 Å². The number of rotatable bonds is 3. The first-order valence-electron chi connectivity index (χ1n) is 8.21. The van der Waals surface area contributed by atoms with Gasteiger partial charge in [0.25, 0.3) is 0 Å². The highest BCUT2D eigenvalue weighted by Crippen LogP contribution is 2.53. The molecule has 2 fully saturated rings. The second-order valence-corrected chi connectivity index (χ2v) is 7.21. The van der Waals surface area contributed by atoms with Crippen molar-refractivity contribution < 1.29 is 4.79 Å². The number of fused-ring (bicyclic) bond motifs is 1. The van der Waals surface area contributed by atoms with Gasteiger partial charge in [-0.05, 0) is 50.5 Å². The molecule has 21 heavy (non-hydrogen) atoms. The highest BCUT2D eigenvalue weighted by molar-refractivity contribution is 5.77. The molecule has 2 aliphatic heterocycles. The molecule has 0 radical (unpaired) electrons. The molecule has 4 atom stereocenters. The molecule has 5 nitrogen and oxygen atoms in total. The lowest BCUT2D eigenvalue weighted by molar-refractivity contribution is -0.123. The van der Waals surface area contributed by atoms with Crippen LogP contribution in [0.1, 0.15) is 37.9 Å². The molecule has 1 spiro atoms. The van der Waals surface area contributed by atoms with Crippen LogP contribution in [-0.4, -0.2) is 27.5 Å². The number of carbonyl (C=O) groups is 1. The minimum absolute atomic E-state index is 0.0860. The molecule has 3 unspecified atom stereocenters. The Bertz CT molecular complexity index is 554. The van der Waals surface area contributed by atoms with E-state index in [-0.39, 0.29) is 17.4 Å². The maximum Gasteiger partial charge on any atom is 0.220 e. The number of nitrogens with zero attached hydrogens (tertiary/aromatic N) is 2. The van der Waals surface area contributed by atoms with Gasteiger partial charge in [0.15, 0.2) is 0 Å². The summed E-state index contributed by atoms with van der Waals surface area (Å²) in [6.07, 6.45) is 10.7. The van der Waals surface area contributed by atoms with E-state index in [9.17, 15) is 4.79 Å². The highest BCUT2D eigenvalue weighted by atomic mass is 16.1. The minimum atomic E-state index is -0.109. The Kier molecular flexibility index (Phi) is 3.06. The summed E-state index contributed by atoms with van der Waals surface area (Å²) in [4.78, 5) is 15.9. The van der Waals surface area contributed by atoms with Crippen molar-refractivity contribution in [3.05, 3.63) is 18.2 Å². The first kappa shape index (κ1) is 13.3. The third kappa shape index (κ3) is 2.37. The Hall–Kier alpha value is -1.36. The largest absolute Gasteiger partial charge is 0.369 e. The van der Waals surface area contributed by atoms with Crippen LogP contribution in [0.3, 0.4) is 0 Å². The van der Waals surface area contributed by atoms with E-state index in [0.29, 0.717) is 0 Å². The Morgan fingerprint density at radius 3 is 3.24 bits per heavy atom. The SMILES string of the molecule is NC(=O)C1CCNC2(C1)CC2C[C@@H]1CCc2nccn2C1. The monoisotopic (exact) mass is 288 g/mol. The molecule has 3 aliphatic rings. The number of carbonyl (C=O) groups excluding carboxylic acids is 1. The van der Waals surface area contributed by atoms with E-state index in [2.05, 4.69) is 21.1 Å². The lowest BCUT2D eigenvalue weighted by atomic mass is 9.86. The van der Waals surface area contributed by atoms with Crippen LogP contribution in [-0.2, 0) is 17.8 Å². The molecular formula is C16H24N4O. The summed E-state index contributed by atoms with van der Waals surface area (Å²) in [5, 5.41) is 3.68. The number of amides is 1. The van der Waals surface area contributed by atoms with Crippen LogP contribution in [0.4, 0.5) is 0 Å². The third-order valence-electron chi connectivity index (χ3n) is 5.87. The van der Waals surface area contributed by atoms with E-state index in [1.807, 2.05) is 6.20 Å². The summed E-state index contributed by atoms with van der Waals surface area (Å²) >= 11 is 0. The predicted molar refractivity (Wildman–Crippen MR) is 79.4 cm³/mol. The van der Waals surface area contributed by atoms with E-state index in [4.69, 9.17) is 5.73 Å². The average molecular weight is 288 g/mol. The van der Waals surface area contributed by atoms with E-state index in [0.717, 1.165) is 44.2 Å². The lowest BCUT2D eigenvalue weighted by Crippen LogP contribution is -2.45. The predicted octanol–water partition coefficient (Wildman–Crippen LogP) is 1.08. The minimum Gasteiger partial charge on any atom is -0.369 e. The summed E-state index contributed by atoms with van der Waals surface area (Å²) in [5.74, 6) is 2.70. The van der Waals surface area contributed by atoms with Crippen molar-refractivity contribution in [2.75, 3.05) is 6.54 Å². The fraction of sp³-hybridized carbons (Fsp3) is 0.750. The number of nitrogens with one attached hydrogen (secondary N) is 1. The molecule has 5 heteroatoms. The number of primary amides is 1. The number of piperidine rings is 1. The zero-order valence-corrected chi connectivity index (χ0v) is 12.4. The molecule has 1 saturated carbocycles. The number of nitrogens with two attached hydrogens (primary N) is 1. The Balaban J connectivity index is 1.36. The van der Waals surface area contributed by atoms with Crippen LogP contribution in [0.15, 0.2) is 12.4 Å². The molecule has 4 rings (SSSR count). The van der Waals surface area contributed by atoms with E-state index < -0.39 is 0 Å². The van der Waals surface area contributed by atoms with Gasteiger partial charge < -0.3 is 15.6 Å². The zero-order chi connectivity index (χ0) is 14.4. The fourth-order valence-corrected chi connectivity index (χ4v) is 4.54. The van der Waals surface area contributed by atoms with Crippen molar-refractivity contribution in [2.24, 2.45) is 23.5 Å². The Morgan fingerprint density at radius 1 is 1.48 bits per heavy atom. The lowest BCUT2D eigenvalue weighted by Gasteiger charge is -2.31. The highest BCUT2D eigenvalue weighted by Gasteiger charge is 2.56. The van der Waals surface area contributed by atoms with Crippen LogP contribution in [0.25, 0.3) is 0 Å². The topological polar surface area (TPSA) is 72.9 Å². The van der Waals surface area contributed by atoms with Crippen LogP contribution in [0, 0.1) is 17.8 Å². The van der Waals surface area contributed by atoms with E-state index in [1.165, 1.54) is 25.1 Å². The molecule has 1 saturated heterocycles. The van der Waals surface area contributed by atoms with Gasteiger partial charge in [-0.1, -0.05) is 0 Å². The van der Waals surface area contributed by atoms with Crippen molar-refractivity contribution in [1.82, 2.24) is 14.9 Å². The Labute approximate surface area is 125 Å². The molecule has 1 amide bonds. The number of aromatic nitrogens is 2. The van der Waals surface area contributed by atoms with Crippen molar-refractivity contribution in [1.29, 1.82) is 0 Å². The summed E-state index contributed by atoms with van der Waals surface area (Å²) in [6, 6.07) is 0. The van der Waals surface area contributed by atoms with Gasteiger partial charge in [-0.15, -0.1) is 0 Å². The first-order valence-corrected chi connectivity index (χ1v) is 8.21. The van der Waals surface area contributed by atoms with Crippen LogP contribution in [0.5, 0.6) is 0 Å². The third-order valence-corrected chi connectivity index (χ3v) is 5.87. The molecule has 1 aromatic heterocycles. The van der Waals surface area contributed by atoms with E-state index >= 15 is 0 Å². The first-order chi connectivity index (χ1) is 10.2. The molecule has 0 bridgehead atoms. The maximum atomic E-state index is 11.5. The summed E-state index contributed by atoms with van der Waals surface area (Å²) < 4.78 is 2.31. The standard InChI is InChI=1S/C16H24N4O/c17-15(21)12-3-4-19-16(8-12)9-13(16)7-11-1-2-14-18-5-6-20(14)10-11/h5-6,11-13,19H,1-4,7-10H2,(H2,17,21)/t11-,12?,13?,16?/m0/s1. The molecular weight excluding hydrogens is 264 g/mol. The molecule has 114 valence electrons. The molecule has 1 aliphatic carbocycles. The molecule has 0 aromatic carbocycles. The van der Waals surface area contributed by atoms with Gasteiger partial charge >= 0.3 is 0 Å². The normalized spacial score (nSPS) is 38.2. The second kappa shape index (κ2) is 4.83. The summed E-state index contributed by atoms with van der Waals surface area (Å²) in [5.41, 5.74) is 5.74.